The molecule has 3 aromatic rings. The molecule has 3 N–H and O–H groups in total. The van der Waals surface area contributed by atoms with Gasteiger partial charge in [0, 0.05) is 37.1 Å². The minimum Gasteiger partial charge on any atom is -0.481 e. The second-order valence-corrected chi connectivity index (χ2v) is 13.2. The molecule has 0 aliphatic carbocycles. The lowest BCUT2D eigenvalue weighted by molar-refractivity contribution is -0.136. The van der Waals surface area contributed by atoms with Crippen LogP contribution in [-0.2, 0) is 27.7 Å². The van der Waals surface area contributed by atoms with Crippen molar-refractivity contribution in [2.24, 2.45) is 0 Å². The van der Waals surface area contributed by atoms with E-state index in [2.05, 4.69) is 19.2 Å². The Morgan fingerprint density at radius 3 is 2.38 bits per heavy atom. The summed E-state index contributed by atoms with van der Waals surface area (Å²) in [6.45, 7) is 4.33. The van der Waals surface area contributed by atoms with Gasteiger partial charge < -0.3 is 15.5 Å². The molecule has 9 heteroatoms. The van der Waals surface area contributed by atoms with Gasteiger partial charge in [0.15, 0.2) is 0 Å². The van der Waals surface area contributed by atoms with E-state index in [9.17, 15) is 18.3 Å². The van der Waals surface area contributed by atoms with E-state index in [1.54, 1.807) is 12.1 Å². The number of aryl methyl sites for hydroxylation is 2. The maximum Gasteiger partial charge on any atom is 0.303 e. The first-order valence-electron chi connectivity index (χ1n) is 13.4. The molecular weight excluding hydrogens is 548 g/mol. The number of halogens is 1. The van der Waals surface area contributed by atoms with Gasteiger partial charge in [0.1, 0.15) is 0 Å². The first kappa shape index (κ1) is 31.8. The van der Waals surface area contributed by atoms with Crippen LogP contribution in [-0.4, -0.2) is 60.7 Å². The largest absolute Gasteiger partial charge is 0.481 e. The molecule has 0 saturated carbocycles. The van der Waals surface area contributed by atoms with E-state index in [1.165, 1.54) is 17.4 Å². The maximum atomic E-state index is 13.3. The summed E-state index contributed by atoms with van der Waals surface area (Å²) in [6, 6.07) is 21.9. The van der Waals surface area contributed by atoms with E-state index in [0.717, 1.165) is 41.0 Å². The minimum atomic E-state index is -3.84. The molecule has 0 unspecified atom stereocenters. The van der Waals surface area contributed by atoms with Crippen LogP contribution >= 0.6 is 11.6 Å². The number of hydrogen-bond acceptors (Lipinski definition) is 5. The molecule has 0 spiro atoms. The highest BCUT2D eigenvalue weighted by molar-refractivity contribution is 7.89. The number of aliphatic hydroxyl groups excluding tert-OH is 1. The van der Waals surface area contributed by atoms with Crippen LogP contribution in [0.5, 0.6) is 0 Å². The van der Waals surface area contributed by atoms with Gasteiger partial charge in [-0.3, -0.25) is 4.79 Å². The summed E-state index contributed by atoms with van der Waals surface area (Å²) in [4.78, 5) is 11.0. The molecule has 0 heterocycles. The number of likely N-dealkylation sites (N-methyl/N-ethyl adjacent to an activating group) is 1. The number of aliphatic carboxylic acids is 1. The molecule has 0 aromatic heterocycles. The highest BCUT2D eigenvalue weighted by Gasteiger charge is 2.25. The number of β-amino-alcohol motifs (C(OH)–C–C–N with tert-alkyl or cyclic N) is 1. The summed E-state index contributed by atoms with van der Waals surface area (Å²) in [5.74, 6) is -0.865. The summed E-state index contributed by atoms with van der Waals surface area (Å²) >= 11 is 6.25. The zero-order chi connectivity index (χ0) is 29.3. The van der Waals surface area contributed by atoms with Crippen LogP contribution < -0.4 is 5.32 Å². The normalized spacial score (nSPS) is 12.9. The van der Waals surface area contributed by atoms with Gasteiger partial charge in [0.2, 0.25) is 10.0 Å². The van der Waals surface area contributed by atoms with Crippen LogP contribution in [0.15, 0.2) is 77.7 Å². The van der Waals surface area contributed by atoms with Crippen LogP contribution in [0.25, 0.3) is 11.1 Å². The van der Waals surface area contributed by atoms with Gasteiger partial charge in [-0.15, -0.1) is 0 Å². The lowest BCUT2D eigenvalue weighted by Gasteiger charge is -2.29. The molecule has 0 radical (unpaired) electrons. The average molecular weight is 587 g/mol. The molecular formula is C31H39ClN2O5S. The second-order valence-electron chi connectivity index (χ2n) is 10.8. The summed E-state index contributed by atoms with van der Waals surface area (Å²) in [5, 5.41) is 23.8. The summed E-state index contributed by atoms with van der Waals surface area (Å²) in [6.07, 6.45) is 2.18. The van der Waals surface area contributed by atoms with E-state index < -0.39 is 22.1 Å². The van der Waals surface area contributed by atoms with Crippen molar-refractivity contribution in [2.45, 2.75) is 62.5 Å². The summed E-state index contributed by atoms with van der Waals surface area (Å²) < 4.78 is 27.8. The zero-order valence-electron chi connectivity index (χ0n) is 23.3. The minimum absolute atomic E-state index is 0.0274. The Morgan fingerprint density at radius 2 is 1.68 bits per heavy atom. The molecule has 7 nitrogen and oxygen atoms in total. The van der Waals surface area contributed by atoms with Gasteiger partial charge in [-0.05, 0) is 80.0 Å². The van der Waals surface area contributed by atoms with Crippen LogP contribution in [0.4, 0.5) is 0 Å². The third kappa shape index (κ3) is 9.42. The Balaban J connectivity index is 1.57. The molecule has 0 aliphatic heterocycles. The fourth-order valence-electron chi connectivity index (χ4n) is 4.54. The number of nitrogens with one attached hydrogen (secondary N) is 1. The Hall–Kier alpha value is -2.75. The summed E-state index contributed by atoms with van der Waals surface area (Å²) in [7, 11) is -2.38. The smallest absolute Gasteiger partial charge is 0.303 e. The molecule has 0 fully saturated rings. The molecule has 0 aliphatic rings. The Labute approximate surface area is 242 Å². The molecule has 3 aromatic carbocycles. The van der Waals surface area contributed by atoms with Gasteiger partial charge in [-0.1, -0.05) is 66.2 Å². The first-order chi connectivity index (χ1) is 18.9. The van der Waals surface area contributed by atoms with E-state index in [0.29, 0.717) is 12.0 Å². The number of benzene rings is 3. The third-order valence-corrected chi connectivity index (χ3v) is 9.11. The van der Waals surface area contributed by atoms with Gasteiger partial charge in [0.05, 0.1) is 11.0 Å². The van der Waals surface area contributed by atoms with Gasteiger partial charge in [-0.2, -0.15) is 4.31 Å². The van der Waals surface area contributed by atoms with E-state index >= 15 is 0 Å². The quantitative estimate of drug-likeness (QED) is 0.220. The Morgan fingerprint density at radius 1 is 1.00 bits per heavy atom. The first-order valence-corrected chi connectivity index (χ1v) is 15.2. The van der Waals surface area contributed by atoms with Gasteiger partial charge in [-0.25, -0.2) is 8.42 Å². The standard InChI is InChI=1S/C31H39ClN2O5S/c1-31(2,18-8-13-24-10-4-5-15-29(24)32)33-21-27(35)22-34(3)40(38,39)28-14-7-12-26(20-28)25-11-6-9-23(19-25)16-17-30(36)37/h4-7,9-12,14-15,19-20,27,33,35H,8,13,16-18,21-22H2,1-3H3,(H,36,37)/t27-/m1/s1. The highest BCUT2D eigenvalue weighted by Crippen LogP contribution is 2.26. The maximum absolute atomic E-state index is 13.3. The van der Waals surface area contributed by atoms with Crippen molar-refractivity contribution in [1.82, 2.24) is 9.62 Å². The van der Waals surface area contributed by atoms with Crippen LogP contribution in [0.3, 0.4) is 0 Å². The van der Waals surface area contributed by atoms with Crippen molar-refractivity contribution in [2.75, 3.05) is 20.1 Å². The lowest BCUT2D eigenvalue weighted by Crippen LogP contribution is -2.46. The topological polar surface area (TPSA) is 107 Å². The van der Waals surface area contributed by atoms with Crippen LogP contribution in [0, 0.1) is 0 Å². The van der Waals surface area contributed by atoms with Crippen molar-refractivity contribution >= 4 is 27.6 Å². The van der Waals surface area contributed by atoms with Crippen molar-refractivity contribution in [3.8, 4) is 11.1 Å². The number of nitrogens with zero attached hydrogens (tertiary/aromatic N) is 1. The molecule has 40 heavy (non-hydrogen) atoms. The molecule has 1 atom stereocenters. The predicted molar refractivity (Wildman–Crippen MR) is 160 cm³/mol. The van der Waals surface area contributed by atoms with Crippen molar-refractivity contribution < 1.29 is 23.4 Å². The fraction of sp³-hybridized carbons (Fsp3) is 0.387. The monoisotopic (exact) mass is 586 g/mol. The number of carbonyl (C=O) groups is 1. The number of carboxylic acids is 1. The van der Waals surface area contributed by atoms with Gasteiger partial charge in [0.25, 0.3) is 0 Å². The SMILES string of the molecule is CN(C[C@H](O)CNC(C)(C)CCCc1ccccc1Cl)S(=O)(=O)c1cccc(-c2cccc(CCC(=O)O)c2)c1. The third-order valence-electron chi connectivity index (χ3n) is 6.92. The lowest BCUT2D eigenvalue weighted by atomic mass is 9.95. The summed E-state index contributed by atoms with van der Waals surface area (Å²) in [5.41, 5.74) is 3.26. The predicted octanol–water partition coefficient (Wildman–Crippen LogP) is 5.40. The van der Waals surface area contributed by atoms with Crippen molar-refractivity contribution in [3.05, 3.63) is 88.9 Å². The van der Waals surface area contributed by atoms with Crippen LogP contribution in [0.1, 0.15) is 44.2 Å². The molecule has 0 saturated heterocycles. The molecule has 216 valence electrons. The van der Waals surface area contributed by atoms with Crippen molar-refractivity contribution in [3.63, 3.8) is 0 Å². The highest BCUT2D eigenvalue weighted by atomic mass is 35.5. The van der Waals surface area contributed by atoms with E-state index in [-0.39, 0.29) is 29.9 Å². The molecule has 0 bridgehead atoms. The number of sulfonamides is 1. The number of aliphatic hydroxyl groups is 1. The number of hydrogen-bond donors (Lipinski definition) is 3. The molecule has 0 amide bonds. The van der Waals surface area contributed by atoms with Crippen molar-refractivity contribution in [1.29, 1.82) is 0 Å². The fourth-order valence-corrected chi connectivity index (χ4v) is 6.02. The number of carboxylic acid groups (broad SMARTS) is 1. The zero-order valence-corrected chi connectivity index (χ0v) is 24.9. The van der Waals surface area contributed by atoms with E-state index in [4.69, 9.17) is 16.7 Å². The van der Waals surface area contributed by atoms with Crippen LogP contribution in [0.2, 0.25) is 5.02 Å². The molecule has 3 rings (SSSR count). The second kappa shape index (κ2) is 14.2. The Bertz CT molecular complexity index is 1390. The number of rotatable bonds is 15. The average Bonchev–Trinajstić information content (AvgIpc) is 2.92. The Kier molecular flexibility index (Phi) is 11.3. The van der Waals surface area contributed by atoms with Gasteiger partial charge >= 0.3 is 5.97 Å². The van der Waals surface area contributed by atoms with E-state index in [1.807, 2.05) is 54.6 Å².